The number of nitrogens with two attached hydrogens (primary N) is 1. The summed E-state index contributed by atoms with van der Waals surface area (Å²) in [6.07, 6.45) is 6.25. The van der Waals surface area contributed by atoms with E-state index in [1.165, 1.54) is 32.2 Å². The summed E-state index contributed by atoms with van der Waals surface area (Å²) in [5, 5.41) is 0. The van der Waals surface area contributed by atoms with Gasteiger partial charge in [-0.15, -0.1) is 0 Å². The first-order valence-electron chi connectivity index (χ1n) is 5.73. The van der Waals surface area contributed by atoms with E-state index in [0.29, 0.717) is 6.17 Å². The highest BCUT2D eigenvalue weighted by molar-refractivity contribution is 5.01. The van der Waals surface area contributed by atoms with Crippen LogP contribution in [0.1, 0.15) is 25.7 Å². The van der Waals surface area contributed by atoms with Crippen molar-refractivity contribution in [2.24, 2.45) is 29.4 Å². The third-order valence-corrected chi connectivity index (χ3v) is 4.88. The van der Waals surface area contributed by atoms with Gasteiger partial charge >= 0.3 is 0 Å². The third-order valence-electron chi connectivity index (χ3n) is 4.88. The molecule has 0 aromatic rings. The predicted octanol–water partition coefficient (Wildman–Crippen LogP) is 1.27. The van der Waals surface area contributed by atoms with Crippen LogP contribution in [-0.4, -0.2) is 24.7 Å². The van der Waals surface area contributed by atoms with E-state index in [1.807, 2.05) is 0 Å². The van der Waals surface area contributed by atoms with Crippen molar-refractivity contribution >= 4 is 0 Å². The second kappa shape index (κ2) is 2.71. The van der Waals surface area contributed by atoms with E-state index in [9.17, 15) is 0 Å². The molecular formula is C11H20N2. The Morgan fingerprint density at radius 1 is 1.15 bits per heavy atom. The van der Waals surface area contributed by atoms with Crippen molar-refractivity contribution < 1.29 is 0 Å². The number of hydrogen-bond acceptors (Lipinski definition) is 2. The van der Waals surface area contributed by atoms with Gasteiger partial charge in [0, 0.05) is 0 Å². The highest BCUT2D eigenvalue weighted by atomic mass is 15.2. The second-order valence-electron chi connectivity index (χ2n) is 5.33. The van der Waals surface area contributed by atoms with Gasteiger partial charge in [0.1, 0.15) is 0 Å². The van der Waals surface area contributed by atoms with Gasteiger partial charge in [0.15, 0.2) is 0 Å². The highest BCUT2D eigenvalue weighted by Crippen LogP contribution is 2.55. The van der Waals surface area contributed by atoms with Crippen molar-refractivity contribution in [1.29, 1.82) is 0 Å². The van der Waals surface area contributed by atoms with Gasteiger partial charge in [-0.2, -0.15) is 0 Å². The molecule has 1 heterocycles. The smallest absolute Gasteiger partial charge is 0.0603 e. The molecule has 2 saturated carbocycles. The summed E-state index contributed by atoms with van der Waals surface area (Å²) in [5.41, 5.74) is 6.28. The summed E-state index contributed by atoms with van der Waals surface area (Å²) in [5.74, 6) is 3.87. The minimum absolute atomic E-state index is 0.369. The van der Waals surface area contributed by atoms with Gasteiger partial charge in [0.2, 0.25) is 0 Å². The van der Waals surface area contributed by atoms with E-state index in [-0.39, 0.29) is 0 Å². The average Bonchev–Trinajstić information content (AvgIpc) is 2.70. The maximum Gasteiger partial charge on any atom is 0.0603 e. The number of piperidine rings is 1. The molecule has 2 nitrogen and oxygen atoms in total. The van der Waals surface area contributed by atoms with Gasteiger partial charge in [-0.1, -0.05) is 0 Å². The molecule has 2 bridgehead atoms. The van der Waals surface area contributed by atoms with Crippen LogP contribution in [0.15, 0.2) is 0 Å². The summed E-state index contributed by atoms with van der Waals surface area (Å²) < 4.78 is 0. The Hall–Kier alpha value is -0.0800. The molecule has 2 N–H and O–H groups in total. The van der Waals surface area contributed by atoms with Gasteiger partial charge in [-0.25, -0.2) is 0 Å². The molecule has 1 aliphatic heterocycles. The van der Waals surface area contributed by atoms with Crippen LogP contribution in [0.4, 0.5) is 0 Å². The summed E-state index contributed by atoms with van der Waals surface area (Å²) in [4.78, 5) is 2.36. The first-order valence-corrected chi connectivity index (χ1v) is 5.73. The molecule has 2 aliphatic carbocycles. The Morgan fingerprint density at radius 3 is 2.77 bits per heavy atom. The van der Waals surface area contributed by atoms with Crippen molar-refractivity contribution in [3.8, 4) is 0 Å². The molecule has 0 aromatic carbocycles. The van der Waals surface area contributed by atoms with E-state index < -0.39 is 0 Å². The molecule has 5 atom stereocenters. The monoisotopic (exact) mass is 180 g/mol. The zero-order valence-electron chi connectivity index (χ0n) is 8.45. The molecule has 13 heavy (non-hydrogen) atoms. The highest BCUT2D eigenvalue weighted by Gasteiger charge is 2.51. The number of rotatable bonds is 0. The lowest BCUT2D eigenvalue weighted by atomic mass is 9.73. The van der Waals surface area contributed by atoms with Crippen LogP contribution in [0.3, 0.4) is 0 Å². The maximum atomic E-state index is 6.28. The number of hydrogen-bond donors (Lipinski definition) is 1. The topological polar surface area (TPSA) is 29.3 Å². The molecule has 0 radical (unpaired) electrons. The fourth-order valence-electron chi connectivity index (χ4n) is 4.21. The number of fused-ring (bicyclic) bond motifs is 5. The zero-order chi connectivity index (χ0) is 9.00. The summed E-state index contributed by atoms with van der Waals surface area (Å²) in [7, 11) is 2.19. The number of likely N-dealkylation sites (tertiary alicyclic amines) is 1. The standard InChI is InChI=1S/C11H20N2/c1-13-5-4-9-7-2-3-8(6-7)10(9)11(13)12/h7-11H,2-6,12H2,1H3. The third kappa shape index (κ3) is 1.02. The minimum Gasteiger partial charge on any atom is -0.315 e. The lowest BCUT2D eigenvalue weighted by Gasteiger charge is -2.44. The normalized spacial score (nSPS) is 55.4. The molecule has 2 heteroatoms. The van der Waals surface area contributed by atoms with Gasteiger partial charge < -0.3 is 5.73 Å². The van der Waals surface area contributed by atoms with Gasteiger partial charge in [0.25, 0.3) is 0 Å². The van der Waals surface area contributed by atoms with Crippen molar-refractivity contribution in [1.82, 2.24) is 4.90 Å². The molecule has 3 aliphatic rings. The number of nitrogens with zero attached hydrogens (tertiary/aromatic N) is 1. The van der Waals surface area contributed by atoms with E-state index >= 15 is 0 Å². The predicted molar refractivity (Wildman–Crippen MR) is 53.0 cm³/mol. The van der Waals surface area contributed by atoms with Gasteiger partial charge in [-0.3, -0.25) is 4.90 Å². The van der Waals surface area contributed by atoms with Crippen molar-refractivity contribution in [2.75, 3.05) is 13.6 Å². The van der Waals surface area contributed by atoms with Crippen LogP contribution in [-0.2, 0) is 0 Å². The molecule has 74 valence electrons. The van der Waals surface area contributed by atoms with E-state index in [0.717, 1.165) is 23.7 Å². The van der Waals surface area contributed by atoms with Crippen LogP contribution < -0.4 is 5.73 Å². The first kappa shape index (κ1) is 8.25. The van der Waals surface area contributed by atoms with Crippen molar-refractivity contribution in [3.63, 3.8) is 0 Å². The maximum absolute atomic E-state index is 6.28. The van der Waals surface area contributed by atoms with Crippen molar-refractivity contribution in [3.05, 3.63) is 0 Å². The summed E-state index contributed by atoms with van der Waals surface area (Å²) >= 11 is 0. The molecule has 0 aromatic heterocycles. The molecule has 3 rings (SSSR count). The Balaban J connectivity index is 1.86. The fraction of sp³-hybridized carbons (Fsp3) is 1.00. The lowest BCUT2D eigenvalue weighted by molar-refractivity contribution is 0.0370. The molecule has 5 unspecified atom stereocenters. The van der Waals surface area contributed by atoms with Gasteiger partial charge in [-0.05, 0) is 62.9 Å². The largest absolute Gasteiger partial charge is 0.315 e. The van der Waals surface area contributed by atoms with E-state index in [1.54, 1.807) is 0 Å². The quantitative estimate of drug-likeness (QED) is 0.608. The zero-order valence-corrected chi connectivity index (χ0v) is 8.45. The summed E-state index contributed by atoms with van der Waals surface area (Å²) in [6.45, 7) is 1.23. The molecule has 1 saturated heterocycles. The van der Waals surface area contributed by atoms with Crippen LogP contribution in [0.2, 0.25) is 0 Å². The Kier molecular flexibility index (Phi) is 1.72. The lowest BCUT2D eigenvalue weighted by Crippen LogP contribution is -2.54. The first-order chi connectivity index (χ1) is 6.27. The molecular weight excluding hydrogens is 160 g/mol. The van der Waals surface area contributed by atoms with Crippen molar-refractivity contribution in [2.45, 2.75) is 31.8 Å². The molecule has 3 fully saturated rings. The van der Waals surface area contributed by atoms with Crippen LogP contribution in [0, 0.1) is 23.7 Å². The molecule has 0 amide bonds. The van der Waals surface area contributed by atoms with Crippen LogP contribution >= 0.6 is 0 Å². The van der Waals surface area contributed by atoms with Gasteiger partial charge in [0.05, 0.1) is 6.17 Å². The van der Waals surface area contributed by atoms with E-state index in [4.69, 9.17) is 5.73 Å². The minimum atomic E-state index is 0.369. The molecule has 0 spiro atoms. The van der Waals surface area contributed by atoms with E-state index in [2.05, 4.69) is 11.9 Å². The average molecular weight is 180 g/mol. The SMILES string of the molecule is CN1CCC2C3CCC(C3)C2C1N. The fourth-order valence-corrected chi connectivity index (χ4v) is 4.21. The summed E-state index contributed by atoms with van der Waals surface area (Å²) in [6, 6.07) is 0. The van der Waals surface area contributed by atoms with Crippen LogP contribution in [0.5, 0.6) is 0 Å². The van der Waals surface area contributed by atoms with Crippen LogP contribution in [0.25, 0.3) is 0 Å². The Morgan fingerprint density at radius 2 is 1.92 bits per heavy atom. The Labute approximate surface area is 80.5 Å². The second-order valence-corrected chi connectivity index (χ2v) is 5.33. The Bertz CT molecular complexity index is 216.